The smallest absolute Gasteiger partial charge is 0.407 e. The maximum absolute atomic E-state index is 15.5. The quantitative estimate of drug-likeness (QED) is 0.258. The van der Waals surface area contributed by atoms with E-state index in [-0.39, 0.29) is 46.5 Å². The van der Waals surface area contributed by atoms with Crippen molar-refractivity contribution in [3.63, 3.8) is 0 Å². The molecule has 2 heterocycles. The molecule has 10 nitrogen and oxygen atoms in total. The number of rotatable bonds is 11. The molecule has 0 radical (unpaired) electrons. The summed E-state index contributed by atoms with van der Waals surface area (Å²) in [6.45, 7) is 3.30. The number of hydrogen-bond acceptors (Lipinski definition) is 7. The van der Waals surface area contributed by atoms with Gasteiger partial charge in [-0.1, -0.05) is 24.3 Å². The summed E-state index contributed by atoms with van der Waals surface area (Å²) < 4.78 is 83.7. The summed E-state index contributed by atoms with van der Waals surface area (Å²) in [6.07, 6.45) is 0.264. The van der Waals surface area contributed by atoms with Crippen molar-refractivity contribution in [3.8, 4) is 0 Å². The lowest BCUT2D eigenvalue weighted by Crippen LogP contribution is -2.58. The Morgan fingerprint density at radius 1 is 1.00 bits per heavy atom. The third-order valence-corrected chi connectivity index (χ3v) is 11.3. The lowest BCUT2D eigenvalue weighted by Gasteiger charge is -2.40. The minimum atomic E-state index is -3.87. The first-order valence-corrected chi connectivity index (χ1v) is 17.7. The van der Waals surface area contributed by atoms with Crippen LogP contribution >= 0.6 is 0 Å². The molecule has 2 saturated heterocycles. The van der Waals surface area contributed by atoms with E-state index >= 15 is 4.39 Å². The van der Waals surface area contributed by atoms with Crippen LogP contribution in [0.15, 0.2) is 71.6 Å². The average Bonchev–Trinajstić information content (AvgIpc) is 3.08. The predicted octanol–water partition coefficient (Wildman–Crippen LogP) is 4.96. The number of carbonyl (C=O) groups excluding carboxylic acids is 2. The molecule has 3 N–H and O–H groups in total. The number of amides is 2. The van der Waals surface area contributed by atoms with Crippen molar-refractivity contribution in [2.24, 2.45) is 5.92 Å². The van der Waals surface area contributed by atoms with Crippen LogP contribution in [0.4, 0.5) is 23.7 Å². The van der Waals surface area contributed by atoms with E-state index in [1.54, 1.807) is 18.2 Å². The Morgan fingerprint density at radius 3 is 2.37 bits per heavy atom. The summed E-state index contributed by atoms with van der Waals surface area (Å²) in [5, 5.41) is 8.55. The molecule has 4 unspecified atom stereocenters. The number of methoxy groups -OCH3 is 1. The van der Waals surface area contributed by atoms with Crippen LogP contribution in [0, 0.1) is 23.4 Å². The molecule has 5 rings (SSSR count). The Bertz CT molecular complexity index is 1710. The molecule has 14 heteroatoms. The zero-order valence-corrected chi connectivity index (χ0v) is 28.1. The van der Waals surface area contributed by atoms with Crippen molar-refractivity contribution in [1.82, 2.24) is 14.9 Å². The fourth-order valence-electron chi connectivity index (χ4n) is 6.91. The number of carbonyl (C=O) groups is 2. The monoisotopic (exact) mass is 702 g/mol. The number of nitrogens with one attached hydrogen (secondary N) is 3. The van der Waals surface area contributed by atoms with Gasteiger partial charge in [0.05, 0.1) is 12.0 Å². The van der Waals surface area contributed by atoms with Crippen molar-refractivity contribution in [3.05, 3.63) is 95.3 Å². The molecular weight excluding hydrogens is 661 g/mol. The largest absolute Gasteiger partial charge is 0.453 e. The van der Waals surface area contributed by atoms with Gasteiger partial charge in [0.15, 0.2) is 0 Å². The van der Waals surface area contributed by atoms with Gasteiger partial charge in [-0.15, -0.1) is 0 Å². The van der Waals surface area contributed by atoms with Crippen molar-refractivity contribution in [2.75, 3.05) is 38.7 Å². The Labute approximate surface area is 284 Å². The number of anilines is 1. The van der Waals surface area contributed by atoms with Crippen LogP contribution in [0.5, 0.6) is 0 Å². The maximum Gasteiger partial charge on any atom is 0.407 e. The fraction of sp³-hybridized carbons (Fsp3) is 0.429. The number of piperazine rings is 1. The highest BCUT2D eigenvalue weighted by Gasteiger charge is 2.40. The molecule has 0 bridgehead atoms. The minimum absolute atomic E-state index is 0.0652. The summed E-state index contributed by atoms with van der Waals surface area (Å²) in [6, 6.07) is 13.0. The van der Waals surface area contributed by atoms with E-state index in [9.17, 15) is 26.8 Å². The average molecular weight is 703 g/mol. The first-order valence-electron chi connectivity index (χ1n) is 16.3. The summed E-state index contributed by atoms with van der Waals surface area (Å²) in [5.74, 6) is -4.25. The minimum Gasteiger partial charge on any atom is -0.453 e. The van der Waals surface area contributed by atoms with Crippen LogP contribution in [-0.4, -0.2) is 76.3 Å². The van der Waals surface area contributed by atoms with E-state index in [4.69, 9.17) is 9.47 Å². The second-order valence-corrected chi connectivity index (χ2v) is 14.2. The predicted molar refractivity (Wildman–Crippen MR) is 177 cm³/mol. The highest BCUT2D eigenvalue weighted by molar-refractivity contribution is 7.89. The van der Waals surface area contributed by atoms with Gasteiger partial charge in [-0.05, 0) is 80.5 Å². The number of sulfonamides is 1. The first-order chi connectivity index (χ1) is 23.5. The molecule has 3 aromatic carbocycles. The zero-order chi connectivity index (χ0) is 35.1. The van der Waals surface area contributed by atoms with E-state index in [0.29, 0.717) is 39.1 Å². The van der Waals surface area contributed by atoms with E-state index in [1.807, 2.05) is 6.92 Å². The lowest BCUT2D eigenvalue weighted by atomic mass is 9.76. The lowest BCUT2D eigenvalue weighted by molar-refractivity contribution is -0.119. The van der Waals surface area contributed by atoms with E-state index in [1.165, 1.54) is 34.6 Å². The fourth-order valence-corrected chi connectivity index (χ4v) is 8.78. The molecule has 2 aliphatic rings. The summed E-state index contributed by atoms with van der Waals surface area (Å²) in [4.78, 5) is 26.9. The standard InChI is InChI=1S/C35H41F3N4O6S/c1-22-20-39-21-27(42(22)49(45,46)28-7-4-3-5-8-28)11-12-29-30(38)9-6-10-31(29)40-34(43)33(41-35(44)47-2)32(23-13-15-48-16-14-23)24-17-25(36)19-26(37)18-24/h3-10,17-19,22-23,27,32-33,39H,11-16,20-21H2,1-2H3,(H,40,43)(H,41,44). The number of hydrogen-bond donors (Lipinski definition) is 3. The van der Waals surface area contributed by atoms with Gasteiger partial charge < -0.3 is 25.4 Å². The maximum atomic E-state index is 15.5. The topological polar surface area (TPSA) is 126 Å². The Balaban J connectivity index is 1.44. The molecule has 49 heavy (non-hydrogen) atoms. The summed E-state index contributed by atoms with van der Waals surface area (Å²) >= 11 is 0. The molecule has 0 spiro atoms. The van der Waals surface area contributed by atoms with Gasteiger partial charge in [0, 0.05) is 61.6 Å². The second-order valence-electron chi connectivity index (χ2n) is 12.4. The molecular formula is C35H41F3N4O6S. The van der Waals surface area contributed by atoms with Crippen LogP contribution in [0.3, 0.4) is 0 Å². The van der Waals surface area contributed by atoms with Gasteiger partial charge in [0.1, 0.15) is 23.5 Å². The molecule has 2 aliphatic heterocycles. The van der Waals surface area contributed by atoms with E-state index in [2.05, 4.69) is 16.0 Å². The van der Waals surface area contributed by atoms with Gasteiger partial charge in [-0.3, -0.25) is 4.79 Å². The SMILES string of the molecule is COC(=O)NC(C(=O)Nc1cccc(F)c1CCC1CNCC(C)N1S(=O)(=O)c1ccccc1)C(c1cc(F)cc(F)c1)C1CCOCC1. The highest BCUT2D eigenvalue weighted by Crippen LogP contribution is 2.37. The van der Waals surface area contributed by atoms with Crippen molar-refractivity contribution in [2.45, 2.75) is 61.5 Å². The summed E-state index contributed by atoms with van der Waals surface area (Å²) in [5.41, 5.74) is 0.425. The van der Waals surface area contributed by atoms with Gasteiger partial charge in [0.2, 0.25) is 15.9 Å². The summed E-state index contributed by atoms with van der Waals surface area (Å²) in [7, 11) is -2.74. The molecule has 264 valence electrons. The third-order valence-electron chi connectivity index (χ3n) is 9.18. The zero-order valence-electron chi connectivity index (χ0n) is 27.3. The van der Waals surface area contributed by atoms with Gasteiger partial charge in [0.25, 0.3) is 0 Å². The Kier molecular flexibility index (Phi) is 12.0. The number of benzene rings is 3. The third kappa shape index (κ3) is 8.61. The highest BCUT2D eigenvalue weighted by atomic mass is 32.2. The van der Waals surface area contributed by atoms with Crippen molar-refractivity contribution >= 4 is 27.7 Å². The molecule has 2 amide bonds. The van der Waals surface area contributed by atoms with Crippen LogP contribution in [0.1, 0.15) is 43.2 Å². The number of nitrogens with zero attached hydrogens (tertiary/aromatic N) is 1. The van der Waals surface area contributed by atoms with Crippen molar-refractivity contribution in [1.29, 1.82) is 0 Å². The van der Waals surface area contributed by atoms with Crippen LogP contribution in [0.2, 0.25) is 0 Å². The van der Waals surface area contributed by atoms with Crippen LogP contribution in [0.25, 0.3) is 0 Å². The van der Waals surface area contributed by atoms with E-state index < -0.39 is 57.5 Å². The normalized spacial score (nSPS) is 20.3. The molecule has 0 aromatic heterocycles. The number of ether oxygens (including phenoxy) is 2. The number of alkyl carbamates (subject to hydrolysis) is 1. The molecule has 2 fully saturated rings. The van der Waals surface area contributed by atoms with E-state index in [0.717, 1.165) is 25.3 Å². The van der Waals surface area contributed by atoms with Crippen LogP contribution in [-0.2, 0) is 30.7 Å². The molecule has 0 saturated carbocycles. The first kappa shape index (κ1) is 36.3. The van der Waals surface area contributed by atoms with Gasteiger partial charge in [-0.2, -0.15) is 4.31 Å². The molecule has 3 aromatic rings. The second kappa shape index (κ2) is 16.2. The van der Waals surface area contributed by atoms with Crippen molar-refractivity contribution < 1.29 is 40.7 Å². The molecule has 0 aliphatic carbocycles. The molecule has 4 atom stereocenters. The van der Waals surface area contributed by atoms with Gasteiger partial charge >= 0.3 is 6.09 Å². The Morgan fingerprint density at radius 2 is 1.69 bits per heavy atom. The van der Waals surface area contributed by atoms with Gasteiger partial charge in [-0.25, -0.2) is 26.4 Å². The number of halogens is 3. The van der Waals surface area contributed by atoms with Crippen LogP contribution < -0.4 is 16.0 Å². The Hall–Kier alpha value is -3.98.